The van der Waals surface area contributed by atoms with Gasteiger partial charge in [0.05, 0.1) is 18.8 Å². The van der Waals surface area contributed by atoms with Crippen LogP contribution in [0.25, 0.3) is 0 Å². The minimum atomic E-state index is -1.09. The number of carbonyl (C=O) groups is 1. The van der Waals surface area contributed by atoms with Gasteiger partial charge in [-0.1, -0.05) is 33.8 Å². The van der Waals surface area contributed by atoms with E-state index in [9.17, 15) is 25.2 Å². The van der Waals surface area contributed by atoms with Gasteiger partial charge < -0.3 is 35.6 Å². The molecule has 5 unspecified atom stereocenters. The third-order valence-corrected chi connectivity index (χ3v) is 6.55. The molecule has 1 aromatic rings. The van der Waals surface area contributed by atoms with Gasteiger partial charge in [0, 0.05) is 29.7 Å². The fourth-order valence-electron chi connectivity index (χ4n) is 4.86. The average Bonchev–Trinajstić information content (AvgIpc) is 3.05. The number of aliphatic hydroxyl groups is 4. The van der Waals surface area contributed by atoms with Crippen molar-refractivity contribution in [3.63, 3.8) is 0 Å². The molecule has 0 aliphatic heterocycles. The predicted octanol–water partition coefficient (Wildman–Crippen LogP) is 2.50. The summed E-state index contributed by atoms with van der Waals surface area (Å²) >= 11 is 0. The molecule has 1 aromatic carbocycles. The summed E-state index contributed by atoms with van der Waals surface area (Å²) in [5.74, 6) is -1.06. The van der Waals surface area contributed by atoms with E-state index in [2.05, 4.69) is 27.7 Å². The molecule has 0 spiro atoms. The molecular formula is C26H41NO7. The maximum absolute atomic E-state index is 12.5. The van der Waals surface area contributed by atoms with Crippen molar-refractivity contribution in [2.24, 2.45) is 22.7 Å². The number of carbonyl (C=O) groups excluding carboxylic acids is 1. The van der Waals surface area contributed by atoms with E-state index in [1.807, 2.05) is 6.08 Å². The summed E-state index contributed by atoms with van der Waals surface area (Å²) in [6.07, 6.45) is 2.31. The van der Waals surface area contributed by atoms with E-state index in [0.29, 0.717) is 30.7 Å². The van der Waals surface area contributed by atoms with E-state index in [4.69, 9.17) is 15.2 Å². The Labute approximate surface area is 202 Å². The van der Waals surface area contributed by atoms with Gasteiger partial charge in [0.1, 0.15) is 6.79 Å². The quantitative estimate of drug-likeness (QED) is 0.126. The first-order valence-corrected chi connectivity index (χ1v) is 11.8. The lowest BCUT2D eigenvalue weighted by molar-refractivity contribution is -0.221. The minimum Gasteiger partial charge on any atom is -0.399 e. The highest BCUT2D eigenvalue weighted by atomic mass is 16.7. The molecule has 34 heavy (non-hydrogen) atoms. The third-order valence-electron chi connectivity index (χ3n) is 6.55. The van der Waals surface area contributed by atoms with Crippen molar-refractivity contribution in [1.82, 2.24) is 0 Å². The summed E-state index contributed by atoms with van der Waals surface area (Å²) in [5.41, 5.74) is 6.51. The van der Waals surface area contributed by atoms with Crippen LogP contribution in [-0.4, -0.2) is 64.7 Å². The number of ketones is 1. The Hall–Kier alpha value is -1.81. The number of allylic oxidation sites excluding steroid dienone is 2. The molecule has 0 aromatic heterocycles. The molecule has 0 bridgehead atoms. The van der Waals surface area contributed by atoms with Crippen molar-refractivity contribution in [3.8, 4) is 0 Å². The second-order valence-electron chi connectivity index (χ2n) is 10.8. The summed E-state index contributed by atoms with van der Waals surface area (Å²) < 4.78 is 11.2. The van der Waals surface area contributed by atoms with Gasteiger partial charge in [0.2, 0.25) is 0 Å². The van der Waals surface area contributed by atoms with Crippen molar-refractivity contribution in [2.45, 2.75) is 65.5 Å². The van der Waals surface area contributed by atoms with Crippen molar-refractivity contribution in [1.29, 1.82) is 0 Å². The number of nitrogens with two attached hydrogens (primary N) is 1. The molecule has 6 N–H and O–H groups in total. The summed E-state index contributed by atoms with van der Waals surface area (Å²) in [7, 11) is 0. The Bertz CT molecular complexity index is 806. The monoisotopic (exact) mass is 479 g/mol. The van der Waals surface area contributed by atoms with Crippen LogP contribution in [0, 0.1) is 22.7 Å². The summed E-state index contributed by atoms with van der Waals surface area (Å²) in [6, 6.07) is 6.84. The van der Waals surface area contributed by atoms with E-state index in [1.165, 1.54) is 0 Å². The van der Waals surface area contributed by atoms with Crippen LogP contribution < -0.4 is 5.73 Å². The van der Waals surface area contributed by atoms with Crippen molar-refractivity contribution >= 4 is 11.5 Å². The Morgan fingerprint density at radius 2 is 1.76 bits per heavy atom. The normalized spacial score (nSPS) is 24.6. The standard InChI is InChI=1S/C26H41NO7/c1-25(2,10-9-21(30)17-5-7-19(27)8-6-17)15-26(3,4)11-12-33-24(34-16-29)20-13-18(14-28)22(31)23(20)32/h5-10,18,20,22-24,28-29,31-32H,11-16,27H2,1-4H3. The van der Waals surface area contributed by atoms with E-state index >= 15 is 0 Å². The fraction of sp³-hybridized carbons (Fsp3) is 0.654. The lowest BCUT2D eigenvalue weighted by atomic mass is 9.73. The largest absolute Gasteiger partial charge is 0.399 e. The summed E-state index contributed by atoms with van der Waals surface area (Å²) in [6.45, 7) is 7.90. The highest BCUT2D eigenvalue weighted by molar-refractivity contribution is 6.04. The Balaban J connectivity index is 1.91. The molecule has 1 aliphatic carbocycles. The van der Waals surface area contributed by atoms with Crippen molar-refractivity contribution in [2.75, 3.05) is 25.7 Å². The van der Waals surface area contributed by atoms with Gasteiger partial charge in [-0.05, 0) is 60.4 Å². The minimum absolute atomic E-state index is 0.0725. The molecule has 0 heterocycles. The lowest BCUT2D eigenvalue weighted by Gasteiger charge is -2.34. The summed E-state index contributed by atoms with van der Waals surface area (Å²) in [4.78, 5) is 12.5. The number of hydrogen-bond acceptors (Lipinski definition) is 8. The van der Waals surface area contributed by atoms with Crippen LogP contribution in [0.15, 0.2) is 36.4 Å². The van der Waals surface area contributed by atoms with E-state index in [0.717, 1.165) is 6.42 Å². The van der Waals surface area contributed by atoms with Gasteiger partial charge in [-0.25, -0.2) is 0 Å². The fourth-order valence-corrected chi connectivity index (χ4v) is 4.86. The molecule has 1 saturated carbocycles. The molecule has 1 aliphatic rings. The van der Waals surface area contributed by atoms with Crippen LogP contribution in [0.1, 0.15) is 57.3 Å². The number of aliphatic hydroxyl groups excluding tert-OH is 4. The van der Waals surface area contributed by atoms with E-state index < -0.39 is 37.1 Å². The zero-order valence-corrected chi connectivity index (χ0v) is 20.7. The van der Waals surface area contributed by atoms with Gasteiger partial charge in [0.25, 0.3) is 0 Å². The van der Waals surface area contributed by atoms with Crippen molar-refractivity contribution in [3.05, 3.63) is 42.0 Å². The zero-order valence-electron chi connectivity index (χ0n) is 20.7. The van der Waals surface area contributed by atoms with Gasteiger partial charge in [-0.15, -0.1) is 0 Å². The van der Waals surface area contributed by atoms with Crippen LogP contribution in [0.3, 0.4) is 0 Å². The smallest absolute Gasteiger partial charge is 0.185 e. The molecule has 192 valence electrons. The third kappa shape index (κ3) is 8.15. The van der Waals surface area contributed by atoms with Crippen LogP contribution in [-0.2, 0) is 9.47 Å². The first-order valence-electron chi connectivity index (χ1n) is 11.8. The number of benzene rings is 1. The van der Waals surface area contributed by atoms with Gasteiger partial charge in [-0.3, -0.25) is 4.79 Å². The molecule has 1 fully saturated rings. The highest BCUT2D eigenvalue weighted by Crippen LogP contribution is 2.39. The summed E-state index contributed by atoms with van der Waals surface area (Å²) in [5, 5.41) is 39.0. The van der Waals surface area contributed by atoms with Crippen molar-refractivity contribution < 1.29 is 34.7 Å². The molecule has 0 saturated heterocycles. The Morgan fingerprint density at radius 1 is 1.12 bits per heavy atom. The molecule has 0 amide bonds. The molecule has 5 atom stereocenters. The Kier molecular flexibility index (Phi) is 10.2. The van der Waals surface area contributed by atoms with Gasteiger partial charge in [-0.2, -0.15) is 0 Å². The predicted molar refractivity (Wildman–Crippen MR) is 130 cm³/mol. The van der Waals surface area contributed by atoms with Gasteiger partial charge in [0.15, 0.2) is 12.1 Å². The molecule has 2 rings (SSSR count). The number of hydrogen-bond donors (Lipinski definition) is 5. The molecular weight excluding hydrogens is 438 g/mol. The number of rotatable bonds is 13. The lowest BCUT2D eigenvalue weighted by Crippen LogP contribution is -2.37. The van der Waals surface area contributed by atoms with Crippen LogP contribution >= 0.6 is 0 Å². The maximum Gasteiger partial charge on any atom is 0.185 e. The SMILES string of the molecule is CC(C)(C=CC(=O)c1ccc(N)cc1)CC(C)(C)CCOC(OCO)C1CC(CO)C(O)C1O. The van der Waals surface area contributed by atoms with E-state index in [1.54, 1.807) is 30.3 Å². The number of anilines is 1. The molecule has 8 heteroatoms. The van der Waals surface area contributed by atoms with E-state index in [-0.39, 0.29) is 23.2 Å². The average molecular weight is 480 g/mol. The van der Waals surface area contributed by atoms with Crippen LogP contribution in [0.4, 0.5) is 5.69 Å². The second kappa shape index (κ2) is 12.2. The maximum atomic E-state index is 12.5. The molecule has 8 nitrogen and oxygen atoms in total. The molecule has 0 radical (unpaired) electrons. The zero-order chi connectivity index (χ0) is 25.5. The number of nitrogen functional groups attached to an aromatic ring is 1. The highest BCUT2D eigenvalue weighted by Gasteiger charge is 2.45. The van der Waals surface area contributed by atoms with Gasteiger partial charge >= 0.3 is 0 Å². The topological polar surface area (TPSA) is 142 Å². The first-order chi connectivity index (χ1) is 15.9. The first kappa shape index (κ1) is 28.4. The van der Waals surface area contributed by atoms with Crippen LogP contribution in [0.5, 0.6) is 0 Å². The second-order valence-corrected chi connectivity index (χ2v) is 10.8. The van der Waals surface area contributed by atoms with Crippen LogP contribution in [0.2, 0.25) is 0 Å². The number of ether oxygens (including phenoxy) is 2. The Morgan fingerprint density at radius 3 is 2.32 bits per heavy atom.